The predicted octanol–water partition coefficient (Wildman–Crippen LogP) is 4.41. The molecule has 22 heavy (non-hydrogen) atoms. The largest absolute Gasteiger partial charge is 0.482 e. The summed E-state index contributed by atoms with van der Waals surface area (Å²) >= 11 is 0. The molecule has 0 heterocycles. The maximum Gasteiger partial charge on any atom is 0.349 e. The van der Waals surface area contributed by atoms with Crippen LogP contribution in [0, 0.1) is 13.8 Å². The first-order valence-electron chi connectivity index (χ1n) is 7.46. The van der Waals surface area contributed by atoms with Gasteiger partial charge in [-0.3, -0.25) is 0 Å². The second-order valence-corrected chi connectivity index (χ2v) is 5.81. The maximum absolute atomic E-state index is 11.8. The molecule has 3 heteroatoms. The highest BCUT2D eigenvalue weighted by Gasteiger charge is 2.07. The van der Waals surface area contributed by atoms with Gasteiger partial charge in [0.2, 0.25) is 0 Å². The standard InChI is InChI=1S/C19H22O3/c1-13(2)16-5-7-17(8-6-16)21-12-19(20)22-18-10-14(3)9-15(4)11-18/h5-11,13H,12H2,1-4H3. The predicted molar refractivity (Wildman–Crippen MR) is 87.6 cm³/mol. The van der Waals surface area contributed by atoms with Crippen LogP contribution in [0.25, 0.3) is 0 Å². The van der Waals surface area contributed by atoms with Gasteiger partial charge in [0.05, 0.1) is 0 Å². The minimum Gasteiger partial charge on any atom is -0.482 e. The number of carbonyl (C=O) groups is 1. The molecule has 0 atom stereocenters. The summed E-state index contributed by atoms with van der Waals surface area (Å²) in [6, 6.07) is 13.5. The monoisotopic (exact) mass is 298 g/mol. The lowest BCUT2D eigenvalue weighted by Crippen LogP contribution is -2.17. The average molecular weight is 298 g/mol. The molecule has 0 unspecified atom stereocenters. The van der Waals surface area contributed by atoms with Crippen molar-refractivity contribution in [2.45, 2.75) is 33.6 Å². The second-order valence-electron chi connectivity index (χ2n) is 5.81. The summed E-state index contributed by atoms with van der Waals surface area (Å²) in [6.45, 7) is 8.11. The van der Waals surface area contributed by atoms with Crippen LogP contribution in [0.1, 0.15) is 36.5 Å². The van der Waals surface area contributed by atoms with Crippen molar-refractivity contribution in [3.63, 3.8) is 0 Å². The highest BCUT2D eigenvalue weighted by atomic mass is 16.6. The van der Waals surface area contributed by atoms with Gasteiger partial charge in [0, 0.05) is 0 Å². The molecule has 0 aromatic heterocycles. The number of hydrogen-bond acceptors (Lipinski definition) is 3. The molecule has 0 saturated carbocycles. The molecule has 0 radical (unpaired) electrons. The van der Waals surface area contributed by atoms with E-state index in [2.05, 4.69) is 13.8 Å². The van der Waals surface area contributed by atoms with Gasteiger partial charge >= 0.3 is 5.97 Å². The van der Waals surface area contributed by atoms with Crippen molar-refractivity contribution in [3.8, 4) is 11.5 Å². The molecule has 0 N–H and O–H groups in total. The van der Waals surface area contributed by atoms with Gasteiger partial charge in [0.15, 0.2) is 6.61 Å². The van der Waals surface area contributed by atoms with Gasteiger partial charge in [0.25, 0.3) is 0 Å². The summed E-state index contributed by atoms with van der Waals surface area (Å²) in [6.07, 6.45) is 0. The van der Waals surface area contributed by atoms with Crippen molar-refractivity contribution in [1.82, 2.24) is 0 Å². The Morgan fingerprint density at radius 2 is 1.55 bits per heavy atom. The molecule has 0 amide bonds. The van der Waals surface area contributed by atoms with E-state index in [1.165, 1.54) is 5.56 Å². The van der Waals surface area contributed by atoms with E-state index in [4.69, 9.17) is 9.47 Å². The molecule has 2 aromatic rings. The SMILES string of the molecule is Cc1cc(C)cc(OC(=O)COc2ccc(C(C)C)cc2)c1. The topological polar surface area (TPSA) is 35.5 Å². The van der Waals surface area contributed by atoms with Crippen molar-refractivity contribution in [2.24, 2.45) is 0 Å². The Morgan fingerprint density at radius 1 is 0.955 bits per heavy atom. The summed E-state index contributed by atoms with van der Waals surface area (Å²) in [5, 5.41) is 0. The van der Waals surface area contributed by atoms with Crippen LogP contribution in [0.3, 0.4) is 0 Å². The zero-order valence-corrected chi connectivity index (χ0v) is 13.6. The quantitative estimate of drug-likeness (QED) is 0.606. The van der Waals surface area contributed by atoms with E-state index in [9.17, 15) is 4.79 Å². The number of benzene rings is 2. The van der Waals surface area contributed by atoms with Gasteiger partial charge in [-0.05, 0) is 60.7 Å². The van der Waals surface area contributed by atoms with Crippen LogP contribution in [0.2, 0.25) is 0 Å². The molecule has 116 valence electrons. The molecule has 0 bridgehead atoms. The van der Waals surface area contributed by atoms with Gasteiger partial charge < -0.3 is 9.47 Å². The van der Waals surface area contributed by atoms with Crippen molar-refractivity contribution >= 4 is 5.97 Å². The van der Waals surface area contributed by atoms with Crippen LogP contribution in [0.5, 0.6) is 11.5 Å². The van der Waals surface area contributed by atoms with Crippen LogP contribution in [0.4, 0.5) is 0 Å². The molecule has 2 aromatic carbocycles. The van der Waals surface area contributed by atoms with Gasteiger partial charge in [-0.25, -0.2) is 4.79 Å². The Hall–Kier alpha value is -2.29. The lowest BCUT2D eigenvalue weighted by molar-refractivity contribution is -0.136. The molecule has 0 fully saturated rings. The van der Waals surface area contributed by atoms with E-state index in [0.29, 0.717) is 17.4 Å². The first kappa shape index (κ1) is 16.1. The number of hydrogen-bond donors (Lipinski definition) is 0. The summed E-state index contributed by atoms with van der Waals surface area (Å²) in [7, 11) is 0. The van der Waals surface area contributed by atoms with Crippen molar-refractivity contribution in [3.05, 3.63) is 59.2 Å². The van der Waals surface area contributed by atoms with E-state index in [-0.39, 0.29) is 6.61 Å². The van der Waals surface area contributed by atoms with Crippen LogP contribution in [-0.2, 0) is 4.79 Å². The Bertz CT molecular complexity index is 622. The number of esters is 1. The minimum atomic E-state index is -0.405. The Morgan fingerprint density at radius 3 is 2.09 bits per heavy atom. The third-order valence-corrected chi connectivity index (χ3v) is 3.33. The number of ether oxygens (including phenoxy) is 2. The minimum absolute atomic E-state index is 0.103. The first-order chi connectivity index (χ1) is 10.4. The van der Waals surface area contributed by atoms with E-state index in [1.54, 1.807) is 0 Å². The maximum atomic E-state index is 11.8. The summed E-state index contributed by atoms with van der Waals surface area (Å²) < 4.78 is 10.8. The van der Waals surface area contributed by atoms with Crippen LogP contribution >= 0.6 is 0 Å². The normalized spacial score (nSPS) is 10.6. The van der Waals surface area contributed by atoms with Gasteiger partial charge in [-0.1, -0.05) is 32.0 Å². The second kappa shape index (κ2) is 7.12. The molecule has 2 rings (SSSR count). The zero-order valence-electron chi connectivity index (χ0n) is 13.6. The zero-order chi connectivity index (χ0) is 16.1. The molecule has 0 aliphatic rings. The molecule has 0 aliphatic heterocycles. The first-order valence-corrected chi connectivity index (χ1v) is 7.46. The van der Waals surface area contributed by atoms with Crippen LogP contribution in [0.15, 0.2) is 42.5 Å². The van der Waals surface area contributed by atoms with E-state index in [1.807, 2.05) is 56.3 Å². The lowest BCUT2D eigenvalue weighted by atomic mass is 10.0. The fourth-order valence-corrected chi connectivity index (χ4v) is 2.24. The Labute approximate surface area is 131 Å². The van der Waals surface area contributed by atoms with Crippen molar-refractivity contribution < 1.29 is 14.3 Å². The number of aryl methyl sites for hydroxylation is 2. The Balaban J connectivity index is 1.89. The third-order valence-electron chi connectivity index (χ3n) is 3.33. The van der Waals surface area contributed by atoms with Gasteiger partial charge in [-0.2, -0.15) is 0 Å². The van der Waals surface area contributed by atoms with Gasteiger partial charge in [0.1, 0.15) is 11.5 Å². The van der Waals surface area contributed by atoms with E-state index < -0.39 is 5.97 Å². The number of carbonyl (C=O) groups excluding carboxylic acids is 1. The number of rotatable bonds is 5. The lowest BCUT2D eigenvalue weighted by Gasteiger charge is -2.09. The molecular formula is C19H22O3. The van der Waals surface area contributed by atoms with E-state index >= 15 is 0 Å². The van der Waals surface area contributed by atoms with Crippen LogP contribution in [-0.4, -0.2) is 12.6 Å². The fourth-order valence-electron chi connectivity index (χ4n) is 2.24. The van der Waals surface area contributed by atoms with Gasteiger partial charge in [-0.15, -0.1) is 0 Å². The highest BCUT2D eigenvalue weighted by Crippen LogP contribution is 2.19. The third kappa shape index (κ3) is 4.62. The molecule has 0 saturated heterocycles. The molecule has 3 nitrogen and oxygen atoms in total. The summed E-state index contributed by atoms with van der Waals surface area (Å²) in [4.78, 5) is 11.8. The summed E-state index contributed by atoms with van der Waals surface area (Å²) in [5.41, 5.74) is 3.37. The molecule has 0 spiro atoms. The smallest absolute Gasteiger partial charge is 0.349 e. The molecule has 0 aliphatic carbocycles. The Kier molecular flexibility index (Phi) is 5.21. The molecular weight excluding hydrogens is 276 g/mol. The highest BCUT2D eigenvalue weighted by molar-refractivity contribution is 5.74. The van der Waals surface area contributed by atoms with Crippen molar-refractivity contribution in [2.75, 3.05) is 6.61 Å². The fraction of sp³-hybridized carbons (Fsp3) is 0.316. The van der Waals surface area contributed by atoms with Crippen molar-refractivity contribution in [1.29, 1.82) is 0 Å². The average Bonchev–Trinajstić information content (AvgIpc) is 2.44. The van der Waals surface area contributed by atoms with Crippen LogP contribution < -0.4 is 9.47 Å². The summed E-state index contributed by atoms with van der Waals surface area (Å²) in [5.74, 6) is 1.30. The van der Waals surface area contributed by atoms with E-state index in [0.717, 1.165) is 11.1 Å².